The minimum Gasteiger partial charge on any atom is -0.484 e. The van der Waals surface area contributed by atoms with Gasteiger partial charge in [-0.2, -0.15) is 0 Å². The van der Waals surface area contributed by atoms with Gasteiger partial charge in [0.2, 0.25) is 0 Å². The molecular weight excluding hydrogens is 344 g/mol. The van der Waals surface area contributed by atoms with Crippen LogP contribution in [0.2, 0.25) is 0 Å². The molecule has 1 aromatic carbocycles. The minimum absolute atomic E-state index is 0.0718. The van der Waals surface area contributed by atoms with E-state index in [1.54, 1.807) is 0 Å². The lowest BCUT2D eigenvalue weighted by atomic mass is 10.1. The standard InChI is InChI=1S/C16H14N4O4S/c1-10-3-4-11(2)13(7-10)23-9-14-18-19-16(24-14)25-15-6-5-12(8-17-15)20(21)22/h3-8H,9H2,1-2H3. The fourth-order valence-corrected chi connectivity index (χ4v) is 2.61. The molecule has 0 fully saturated rings. The van der Waals surface area contributed by atoms with Gasteiger partial charge in [-0.25, -0.2) is 4.98 Å². The maximum absolute atomic E-state index is 10.6. The van der Waals surface area contributed by atoms with Crippen molar-refractivity contribution in [3.8, 4) is 5.75 Å². The summed E-state index contributed by atoms with van der Waals surface area (Å²) in [7, 11) is 0. The Labute approximate surface area is 147 Å². The first-order valence-electron chi connectivity index (χ1n) is 7.32. The lowest BCUT2D eigenvalue weighted by molar-refractivity contribution is -0.385. The van der Waals surface area contributed by atoms with Gasteiger partial charge in [0.25, 0.3) is 16.8 Å². The monoisotopic (exact) mass is 358 g/mol. The maximum atomic E-state index is 10.6. The van der Waals surface area contributed by atoms with Crippen LogP contribution in [0.25, 0.3) is 0 Å². The van der Waals surface area contributed by atoms with Crippen LogP contribution < -0.4 is 4.74 Å². The molecular formula is C16H14N4O4S. The molecule has 0 aliphatic carbocycles. The molecule has 2 heterocycles. The molecule has 8 nitrogen and oxygen atoms in total. The highest BCUT2D eigenvalue weighted by atomic mass is 32.2. The molecule has 0 saturated heterocycles. The predicted molar refractivity (Wildman–Crippen MR) is 89.6 cm³/mol. The van der Waals surface area contributed by atoms with Gasteiger partial charge in [-0.3, -0.25) is 10.1 Å². The van der Waals surface area contributed by atoms with Crippen LogP contribution in [0, 0.1) is 24.0 Å². The third-order valence-electron chi connectivity index (χ3n) is 3.27. The van der Waals surface area contributed by atoms with Crippen LogP contribution in [0.4, 0.5) is 5.69 Å². The second-order valence-electron chi connectivity index (χ2n) is 5.23. The van der Waals surface area contributed by atoms with Gasteiger partial charge >= 0.3 is 0 Å². The second kappa shape index (κ2) is 7.31. The first-order valence-corrected chi connectivity index (χ1v) is 8.13. The quantitative estimate of drug-likeness (QED) is 0.485. The van der Waals surface area contributed by atoms with Crippen molar-refractivity contribution < 1.29 is 14.1 Å². The molecule has 0 aliphatic heterocycles. The first kappa shape index (κ1) is 16.9. The van der Waals surface area contributed by atoms with E-state index in [2.05, 4.69) is 15.2 Å². The van der Waals surface area contributed by atoms with Crippen LogP contribution in [-0.2, 0) is 6.61 Å². The molecule has 3 aromatic rings. The highest BCUT2D eigenvalue weighted by Crippen LogP contribution is 2.26. The zero-order valence-corrected chi connectivity index (χ0v) is 14.3. The summed E-state index contributed by atoms with van der Waals surface area (Å²) in [5.74, 6) is 1.11. The molecule has 128 valence electrons. The van der Waals surface area contributed by atoms with Crippen LogP contribution in [0.15, 0.2) is 51.2 Å². The van der Waals surface area contributed by atoms with Gasteiger partial charge in [0.1, 0.15) is 17.0 Å². The highest BCUT2D eigenvalue weighted by molar-refractivity contribution is 7.99. The molecule has 3 rings (SSSR count). The third-order valence-corrected chi connectivity index (χ3v) is 4.06. The summed E-state index contributed by atoms with van der Waals surface area (Å²) in [5.41, 5.74) is 2.05. The molecule has 0 atom stereocenters. The Balaban J connectivity index is 1.62. The van der Waals surface area contributed by atoms with E-state index in [0.717, 1.165) is 28.6 Å². The summed E-state index contributed by atoms with van der Waals surface area (Å²) < 4.78 is 11.2. The second-order valence-corrected chi connectivity index (χ2v) is 6.20. The molecule has 0 aliphatic rings. The van der Waals surface area contributed by atoms with Crippen molar-refractivity contribution in [2.45, 2.75) is 30.7 Å². The van der Waals surface area contributed by atoms with Gasteiger partial charge in [-0.05, 0) is 48.9 Å². The van der Waals surface area contributed by atoms with Gasteiger partial charge in [0.05, 0.1) is 4.92 Å². The number of aromatic nitrogens is 3. The molecule has 0 radical (unpaired) electrons. The summed E-state index contributed by atoms with van der Waals surface area (Å²) in [6.45, 7) is 4.11. The van der Waals surface area contributed by atoms with Gasteiger partial charge in [-0.15, -0.1) is 10.2 Å². The fourth-order valence-electron chi connectivity index (χ4n) is 1.97. The maximum Gasteiger partial charge on any atom is 0.287 e. The number of hydrogen-bond acceptors (Lipinski definition) is 8. The number of nitro groups is 1. The zero-order chi connectivity index (χ0) is 17.8. The zero-order valence-electron chi connectivity index (χ0n) is 13.5. The van der Waals surface area contributed by atoms with Crippen LogP contribution in [0.3, 0.4) is 0 Å². The van der Waals surface area contributed by atoms with E-state index in [0.29, 0.717) is 16.1 Å². The van der Waals surface area contributed by atoms with Crippen LogP contribution in [-0.4, -0.2) is 20.1 Å². The Morgan fingerprint density at radius 2 is 2.08 bits per heavy atom. The molecule has 0 unspecified atom stereocenters. The van der Waals surface area contributed by atoms with E-state index in [9.17, 15) is 10.1 Å². The molecule has 0 bridgehead atoms. The van der Waals surface area contributed by atoms with Crippen molar-refractivity contribution in [2.24, 2.45) is 0 Å². The highest BCUT2D eigenvalue weighted by Gasteiger charge is 2.12. The van der Waals surface area contributed by atoms with Crippen LogP contribution in [0.5, 0.6) is 5.75 Å². The van der Waals surface area contributed by atoms with E-state index in [1.165, 1.54) is 18.3 Å². The Kier molecular flexibility index (Phi) is 4.94. The summed E-state index contributed by atoms with van der Waals surface area (Å²) in [5, 5.41) is 19.3. The van der Waals surface area contributed by atoms with Gasteiger partial charge in [0, 0.05) is 6.07 Å². The van der Waals surface area contributed by atoms with E-state index in [4.69, 9.17) is 9.15 Å². The largest absolute Gasteiger partial charge is 0.484 e. The van der Waals surface area contributed by atoms with E-state index in [-0.39, 0.29) is 12.3 Å². The van der Waals surface area contributed by atoms with Gasteiger partial charge in [0.15, 0.2) is 6.61 Å². The number of benzene rings is 1. The molecule has 2 aromatic heterocycles. The Hall–Kier alpha value is -2.94. The number of hydrogen-bond donors (Lipinski definition) is 0. The summed E-state index contributed by atoms with van der Waals surface area (Å²) in [4.78, 5) is 14.1. The summed E-state index contributed by atoms with van der Waals surface area (Å²) in [6.07, 6.45) is 1.18. The summed E-state index contributed by atoms with van der Waals surface area (Å²) >= 11 is 1.13. The average molecular weight is 358 g/mol. The normalized spacial score (nSPS) is 10.6. The van der Waals surface area contributed by atoms with Crippen LogP contribution in [0.1, 0.15) is 17.0 Å². The minimum atomic E-state index is -0.503. The average Bonchev–Trinajstić information content (AvgIpc) is 3.03. The topological polar surface area (TPSA) is 104 Å². The number of nitrogens with zero attached hydrogens (tertiary/aromatic N) is 4. The van der Waals surface area contributed by atoms with Crippen molar-refractivity contribution in [1.29, 1.82) is 0 Å². The lowest BCUT2D eigenvalue weighted by Crippen LogP contribution is -1.97. The van der Waals surface area contributed by atoms with E-state index in [1.807, 2.05) is 32.0 Å². The number of pyridine rings is 1. The van der Waals surface area contributed by atoms with Gasteiger partial charge in [-0.1, -0.05) is 12.1 Å². The SMILES string of the molecule is Cc1ccc(C)c(OCc2nnc(Sc3ccc([N+](=O)[O-])cn3)o2)c1. The third kappa shape index (κ3) is 4.32. The Morgan fingerprint density at radius 1 is 1.24 bits per heavy atom. The first-order chi connectivity index (χ1) is 12.0. The molecule has 25 heavy (non-hydrogen) atoms. The number of ether oxygens (including phenoxy) is 1. The Bertz CT molecular complexity index is 895. The molecule has 0 amide bonds. The Morgan fingerprint density at radius 3 is 2.80 bits per heavy atom. The van der Waals surface area contributed by atoms with Crippen molar-refractivity contribution in [2.75, 3.05) is 0 Å². The molecule has 0 saturated carbocycles. The van der Waals surface area contributed by atoms with Crippen molar-refractivity contribution in [1.82, 2.24) is 15.2 Å². The molecule has 0 N–H and O–H groups in total. The number of aryl methyl sites for hydroxylation is 2. The fraction of sp³-hybridized carbons (Fsp3) is 0.188. The van der Waals surface area contributed by atoms with Crippen molar-refractivity contribution in [3.63, 3.8) is 0 Å². The molecule has 0 spiro atoms. The van der Waals surface area contributed by atoms with Crippen molar-refractivity contribution in [3.05, 3.63) is 63.7 Å². The van der Waals surface area contributed by atoms with E-state index >= 15 is 0 Å². The smallest absolute Gasteiger partial charge is 0.287 e. The lowest BCUT2D eigenvalue weighted by Gasteiger charge is -2.07. The number of rotatable bonds is 6. The van der Waals surface area contributed by atoms with Crippen LogP contribution >= 0.6 is 11.8 Å². The van der Waals surface area contributed by atoms with E-state index < -0.39 is 4.92 Å². The van der Waals surface area contributed by atoms with Gasteiger partial charge < -0.3 is 9.15 Å². The summed E-state index contributed by atoms with van der Waals surface area (Å²) in [6, 6.07) is 8.85. The predicted octanol–water partition coefficient (Wildman–Crippen LogP) is 3.72. The molecule has 9 heteroatoms. The van der Waals surface area contributed by atoms with Crippen molar-refractivity contribution >= 4 is 17.4 Å².